The van der Waals surface area contributed by atoms with Crippen molar-refractivity contribution in [3.8, 4) is 11.1 Å². The van der Waals surface area contributed by atoms with Crippen molar-refractivity contribution in [3.63, 3.8) is 0 Å². The largest absolute Gasteiger partial charge is 0.479 e. The van der Waals surface area contributed by atoms with Crippen molar-refractivity contribution in [3.05, 3.63) is 60.2 Å². The summed E-state index contributed by atoms with van der Waals surface area (Å²) in [5.74, 6) is -0.982. The molecule has 0 fully saturated rings. The molecule has 0 spiro atoms. The average Bonchev–Trinajstić information content (AvgIpc) is 2.41. The molecule has 0 aliphatic carbocycles. The van der Waals surface area contributed by atoms with Gasteiger partial charge in [0.15, 0.2) is 6.10 Å². The molecule has 1 N–H and O–H groups in total. The van der Waals surface area contributed by atoms with E-state index in [4.69, 9.17) is 9.84 Å². The summed E-state index contributed by atoms with van der Waals surface area (Å²) in [5, 5.41) is 8.99. The number of benzene rings is 2. The summed E-state index contributed by atoms with van der Waals surface area (Å²) < 4.78 is 4.94. The monoisotopic (exact) mass is 242 g/mol. The van der Waals surface area contributed by atoms with Crippen molar-refractivity contribution in [1.82, 2.24) is 0 Å². The molecule has 0 saturated heterocycles. The van der Waals surface area contributed by atoms with E-state index in [1.165, 1.54) is 7.11 Å². The van der Waals surface area contributed by atoms with Crippen LogP contribution >= 0.6 is 0 Å². The van der Waals surface area contributed by atoms with Gasteiger partial charge in [0.25, 0.3) is 0 Å². The summed E-state index contributed by atoms with van der Waals surface area (Å²) in [5.41, 5.74) is 2.80. The summed E-state index contributed by atoms with van der Waals surface area (Å²) in [6.07, 6.45) is -0.908. The number of carbonyl (C=O) groups is 1. The minimum Gasteiger partial charge on any atom is -0.479 e. The summed E-state index contributed by atoms with van der Waals surface area (Å²) in [4.78, 5) is 11.0. The molecule has 0 bridgehead atoms. The molecule has 0 heterocycles. The Balaban J connectivity index is 2.28. The number of methoxy groups -OCH3 is 1. The van der Waals surface area contributed by atoms with Gasteiger partial charge in [-0.1, -0.05) is 54.6 Å². The number of carboxylic acid groups (broad SMARTS) is 1. The van der Waals surface area contributed by atoms with E-state index in [-0.39, 0.29) is 0 Å². The highest BCUT2D eigenvalue weighted by Gasteiger charge is 2.18. The third-order valence-electron chi connectivity index (χ3n) is 2.78. The number of carboxylic acids is 1. The predicted octanol–water partition coefficient (Wildman–Crippen LogP) is 3.13. The van der Waals surface area contributed by atoms with E-state index >= 15 is 0 Å². The van der Waals surface area contributed by atoms with Crippen molar-refractivity contribution in [2.24, 2.45) is 0 Å². The summed E-state index contributed by atoms with van der Waals surface area (Å²) in [6.45, 7) is 0. The Kier molecular flexibility index (Phi) is 3.75. The van der Waals surface area contributed by atoms with E-state index < -0.39 is 12.1 Å². The topological polar surface area (TPSA) is 46.5 Å². The molecule has 2 rings (SSSR count). The molecule has 0 aliphatic heterocycles. The number of rotatable bonds is 4. The Labute approximate surface area is 106 Å². The molecule has 0 radical (unpaired) electrons. The highest BCUT2D eigenvalue weighted by atomic mass is 16.5. The fraction of sp³-hybridized carbons (Fsp3) is 0.133. The zero-order chi connectivity index (χ0) is 13.0. The van der Waals surface area contributed by atoms with Crippen LogP contribution in [0.4, 0.5) is 0 Å². The lowest BCUT2D eigenvalue weighted by Crippen LogP contribution is -2.13. The van der Waals surface area contributed by atoms with Crippen molar-refractivity contribution < 1.29 is 14.6 Å². The minimum atomic E-state index is -0.982. The van der Waals surface area contributed by atoms with Gasteiger partial charge in [-0.2, -0.15) is 0 Å². The van der Waals surface area contributed by atoms with Crippen LogP contribution in [-0.4, -0.2) is 18.2 Å². The molecular formula is C15H14O3. The van der Waals surface area contributed by atoms with E-state index in [0.29, 0.717) is 5.56 Å². The van der Waals surface area contributed by atoms with Crippen molar-refractivity contribution in [2.45, 2.75) is 6.10 Å². The van der Waals surface area contributed by atoms with Crippen LogP contribution in [0.15, 0.2) is 54.6 Å². The molecule has 18 heavy (non-hydrogen) atoms. The minimum absolute atomic E-state index is 0.643. The van der Waals surface area contributed by atoms with Gasteiger partial charge in [0.2, 0.25) is 0 Å². The lowest BCUT2D eigenvalue weighted by molar-refractivity contribution is -0.148. The molecule has 3 nitrogen and oxygen atoms in total. The van der Waals surface area contributed by atoms with Crippen LogP contribution in [0.1, 0.15) is 11.7 Å². The van der Waals surface area contributed by atoms with E-state index in [9.17, 15) is 4.79 Å². The first kappa shape index (κ1) is 12.3. The molecule has 2 aromatic rings. The van der Waals surface area contributed by atoms with Gasteiger partial charge in [0.1, 0.15) is 0 Å². The highest BCUT2D eigenvalue weighted by molar-refractivity contribution is 5.75. The van der Waals surface area contributed by atoms with Gasteiger partial charge < -0.3 is 9.84 Å². The van der Waals surface area contributed by atoms with Gasteiger partial charge in [0, 0.05) is 7.11 Å². The third-order valence-corrected chi connectivity index (χ3v) is 2.78. The summed E-state index contributed by atoms with van der Waals surface area (Å²) in [6, 6.07) is 17.3. The standard InChI is InChI=1S/C15H14O3/c1-18-14(15(16)17)13-9-7-12(8-10-13)11-5-3-2-4-6-11/h2-10,14H,1H3,(H,16,17)/t14-/m0/s1. The average molecular weight is 242 g/mol. The number of aliphatic carboxylic acids is 1. The zero-order valence-corrected chi connectivity index (χ0v) is 10.0. The summed E-state index contributed by atoms with van der Waals surface area (Å²) >= 11 is 0. The number of hydrogen-bond donors (Lipinski definition) is 1. The quantitative estimate of drug-likeness (QED) is 0.896. The Morgan fingerprint density at radius 1 is 1.00 bits per heavy atom. The highest BCUT2D eigenvalue weighted by Crippen LogP contribution is 2.23. The maximum Gasteiger partial charge on any atom is 0.337 e. The fourth-order valence-corrected chi connectivity index (χ4v) is 1.86. The SMILES string of the molecule is CO[C@H](C(=O)O)c1ccc(-c2ccccc2)cc1. The molecule has 2 aromatic carbocycles. The van der Waals surface area contributed by atoms with Gasteiger partial charge in [-0.05, 0) is 16.7 Å². The fourth-order valence-electron chi connectivity index (χ4n) is 1.86. The Morgan fingerprint density at radius 3 is 2.06 bits per heavy atom. The molecular weight excluding hydrogens is 228 g/mol. The first-order valence-corrected chi connectivity index (χ1v) is 5.63. The van der Waals surface area contributed by atoms with Crippen LogP contribution in [0.3, 0.4) is 0 Å². The number of hydrogen-bond acceptors (Lipinski definition) is 2. The maximum atomic E-state index is 11.0. The second kappa shape index (κ2) is 5.47. The molecule has 0 saturated carbocycles. The summed E-state index contributed by atoms with van der Waals surface area (Å²) in [7, 11) is 1.39. The van der Waals surface area contributed by atoms with E-state index in [1.807, 2.05) is 42.5 Å². The van der Waals surface area contributed by atoms with Gasteiger partial charge >= 0.3 is 5.97 Å². The first-order chi connectivity index (χ1) is 8.72. The van der Waals surface area contributed by atoms with Gasteiger partial charge in [-0.25, -0.2) is 4.79 Å². The van der Waals surface area contributed by atoms with Crippen LogP contribution in [0, 0.1) is 0 Å². The Bertz CT molecular complexity index is 517. The predicted molar refractivity (Wildman–Crippen MR) is 69.3 cm³/mol. The van der Waals surface area contributed by atoms with E-state index in [2.05, 4.69) is 0 Å². The van der Waals surface area contributed by atoms with E-state index in [1.54, 1.807) is 12.1 Å². The zero-order valence-electron chi connectivity index (χ0n) is 10.0. The molecule has 3 heteroatoms. The van der Waals surface area contributed by atoms with Gasteiger partial charge in [0.05, 0.1) is 0 Å². The Morgan fingerprint density at radius 2 is 1.56 bits per heavy atom. The maximum absolute atomic E-state index is 11.0. The molecule has 0 unspecified atom stereocenters. The normalized spacial score (nSPS) is 12.1. The van der Waals surface area contributed by atoms with Crippen molar-refractivity contribution >= 4 is 5.97 Å². The second-order valence-corrected chi connectivity index (χ2v) is 3.94. The number of ether oxygens (including phenoxy) is 1. The van der Waals surface area contributed by atoms with Gasteiger partial charge in [-0.3, -0.25) is 0 Å². The van der Waals surface area contributed by atoms with Crippen molar-refractivity contribution in [2.75, 3.05) is 7.11 Å². The molecule has 92 valence electrons. The van der Waals surface area contributed by atoms with Crippen LogP contribution in [0.2, 0.25) is 0 Å². The molecule has 0 amide bonds. The van der Waals surface area contributed by atoms with Crippen LogP contribution in [0.25, 0.3) is 11.1 Å². The van der Waals surface area contributed by atoms with Crippen LogP contribution < -0.4 is 0 Å². The van der Waals surface area contributed by atoms with Crippen LogP contribution in [0.5, 0.6) is 0 Å². The van der Waals surface area contributed by atoms with Crippen LogP contribution in [-0.2, 0) is 9.53 Å². The molecule has 0 aliphatic rings. The van der Waals surface area contributed by atoms with Gasteiger partial charge in [-0.15, -0.1) is 0 Å². The third kappa shape index (κ3) is 2.57. The lowest BCUT2D eigenvalue weighted by Gasteiger charge is -2.11. The first-order valence-electron chi connectivity index (χ1n) is 5.63. The lowest BCUT2D eigenvalue weighted by atomic mass is 10.0. The molecule has 1 atom stereocenters. The van der Waals surface area contributed by atoms with E-state index in [0.717, 1.165) is 11.1 Å². The second-order valence-electron chi connectivity index (χ2n) is 3.94. The van der Waals surface area contributed by atoms with Crippen molar-refractivity contribution in [1.29, 1.82) is 0 Å². The molecule has 0 aromatic heterocycles. The smallest absolute Gasteiger partial charge is 0.337 e. The Hall–Kier alpha value is -2.13.